The van der Waals surface area contributed by atoms with Gasteiger partial charge in [0, 0.05) is 5.92 Å². The first-order valence-electron chi connectivity index (χ1n) is 6.66. The average Bonchev–Trinajstić information content (AvgIpc) is 2.93. The van der Waals surface area contributed by atoms with E-state index >= 15 is 0 Å². The minimum absolute atomic E-state index is 0.161. The Kier molecular flexibility index (Phi) is 3.58. The minimum atomic E-state index is -1.76. The van der Waals surface area contributed by atoms with Crippen LogP contribution in [0, 0.1) is 11.8 Å². The van der Waals surface area contributed by atoms with E-state index in [1.54, 1.807) is 0 Å². The number of rotatable bonds is 4. The maximum atomic E-state index is 12.0. The van der Waals surface area contributed by atoms with E-state index in [0.717, 1.165) is 5.56 Å². The van der Waals surface area contributed by atoms with Crippen LogP contribution in [0.5, 0.6) is 0 Å². The quantitative estimate of drug-likeness (QED) is 0.627. The fourth-order valence-electron chi connectivity index (χ4n) is 2.90. The molecule has 0 bridgehead atoms. The summed E-state index contributed by atoms with van der Waals surface area (Å²) in [5, 5.41) is 0. The second-order valence-corrected chi connectivity index (χ2v) is 10.6. The van der Waals surface area contributed by atoms with Crippen LogP contribution >= 0.6 is 0 Å². The van der Waals surface area contributed by atoms with E-state index in [-0.39, 0.29) is 17.8 Å². The van der Waals surface area contributed by atoms with E-state index in [9.17, 15) is 4.79 Å². The lowest BCUT2D eigenvalue weighted by molar-refractivity contribution is -0.144. The Morgan fingerprint density at radius 3 is 2.26 bits per heavy atom. The fourth-order valence-corrected chi connectivity index (χ4v) is 4.34. The first-order chi connectivity index (χ1) is 8.83. The summed E-state index contributed by atoms with van der Waals surface area (Å²) in [6, 6.07) is 10.0. The Hall–Kier alpha value is -1.13. The number of methoxy groups -OCH3 is 1. The van der Waals surface area contributed by atoms with Crippen LogP contribution in [0.2, 0.25) is 19.6 Å². The zero-order valence-corrected chi connectivity index (χ0v) is 13.3. The molecule has 0 amide bonds. The van der Waals surface area contributed by atoms with Crippen molar-refractivity contribution in [3.8, 4) is 0 Å². The molecule has 1 aliphatic rings. The molecular formula is C15H22O3Si. The summed E-state index contributed by atoms with van der Waals surface area (Å²) in [5.41, 5.74) is 0.596. The third kappa shape index (κ3) is 2.47. The highest BCUT2D eigenvalue weighted by molar-refractivity contribution is 6.69. The maximum absolute atomic E-state index is 12.0. The molecule has 0 N–H and O–H groups in total. The van der Waals surface area contributed by atoms with Gasteiger partial charge in [-0.05, 0) is 25.2 Å². The number of carbonyl (C=O) groups is 1. The summed E-state index contributed by atoms with van der Waals surface area (Å²) in [5.74, 6) is -0.199. The molecule has 0 spiro atoms. The van der Waals surface area contributed by atoms with Crippen molar-refractivity contribution in [2.45, 2.75) is 32.2 Å². The van der Waals surface area contributed by atoms with Gasteiger partial charge in [-0.15, -0.1) is 0 Å². The SMILES string of the molecule is COC(=O)C1C(C)C1(O[Si](C)(C)C)c1ccccc1. The van der Waals surface area contributed by atoms with Crippen molar-refractivity contribution in [3.05, 3.63) is 35.9 Å². The fraction of sp³-hybridized carbons (Fsp3) is 0.533. The predicted octanol–water partition coefficient (Wildman–Crippen LogP) is 3.17. The van der Waals surface area contributed by atoms with E-state index in [1.165, 1.54) is 7.11 Å². The Bertz CT molecular complexity index is 466. The van der Waals surface area contributed by atoms with Crippen molar-refractivity contribution >= 4 is 14.3 Å². The largest absolute Gasteiger partial charge is 0.469 e. The van der Waals surface area contributed by atoms with Crippen molar-refractivity contribution in [2.24, 2.45) is 11.8 Å². The first-order valence-corrected chi connectivity index (χ1v) is 10.1. The molecule has 0 heterocycles. The van der Waals surface area contributed by atoms with E-state index in [2.05, 4.69) is 26.6 Å². The molecule has 1 fully saturated rings. The molecule has 3 nitrogen and oxygen atoms in total. The number of ether oxygens (including phenoxy) is 1. The molecule has 104 valence electrons. The summed E-state index contributed by atoms with van der Waals surface area (Å²) < 4.78 is 11.3. The van der Waals surface area contributed by atoms with Gasteiger partial charge in [-0.2, -0.15) is 0 Å². The van der Waals surface area contributed by atoms with Crippen molar-refractivity contribution < 1.29 is 14.0 Å². The molecule has 1 saturated carbocycles. The Morgan fingerprint density at radius 2 is 1.79 bits per heavy atom. The van der Waals surface area contributed by atoms with Crippen LogP contribution in [0.25, 0.3) is 0 Å². The van der Waals surface area contributed by atoms with Crippen molar-refractivity contribution in [3.63, 3.8) is 0 Å². The van der Waals surface area contributed by atoms with Crippen molar-refractivity contribution in [1.29, 1.82) is 0 Å². The highest BCUT2D eigenvalue weighted by atomic mass is 28.4. The highest BCUT2D eigenvalue weighted by Crippen LogP contribution is 2.62. The van der Waals surface area contributed by atoms with Crippen LogP contribution in [0.1, 0.15) is 12.5 Å². The average molecular weight is 278 g/mol. The number of carbonyl (C=O) groups excluding carboxylic acids is 1. The summed E-state index contributed by atoms with van der Waals surface area (Å²) in [4.78, 5) is 12.0. The lowest BCUT2D eigenvalue weighted by Gasteiger charge is -2.28. The Morgan fingerprint density at radius 1 is 1.21 bits per heavy atom. The summed E-state index contributed by atoms with van der Waals surface area (Å²) in [6.45, 7) is 8.51. The summed E-state index contributed by atoms with van der Waals surface area (Å²) >= 11 is 0. The molecule has 0 aromatic heterocycles. The standard InChI is InChI=1S/C15H22O3Si/c1-11-13(14(16)17-2)15(11,18-19(3,4)5)12-9-7-6-8-10-12/h6-11,13H,1-5H3. The van der Waals surface area contributed by atoms with E-state index in [1.807, 2.05) is 30.3 Å². The van der Waals surface area contributed by atoms with E-state index < -0.39 is 13.9 Å². The smallest absolute Gasteiger partial charge is 0.312 e. The molecule has 3 atom stereocenters. The van der Waals surface area contributed by atoms with Gasteiger partial charge < -0.3 is 9.16 Å². The molecule has 19 heavy (non-hydrogen) atoms. The normalized spacial score (nSPS) is 29.9. The molecule has 1 aromatic rings. The zero-order valence-electron chi connectivity index (χ0n) is 12.3. The topological polar surface area (TPSA) is 35.5 Å². The van der Waals surface area contributed by atoms with Gasteiger partial charge in [0.15, 0.2) is 8.32 Å². The van der Waals surface area contributed by atoms with Gasteiger partial charge in [0.05, 0.1) is 18.6 Å². The molecule has 2 rings (SSSR count). The van der Waals surface area contributed by atoms with Gasteiger partial charge in [-0.3, -0.25) is 4.79 Å². The minimum Gasteiger partial charge on any atom is -0.469 e. The van der Waals surface area contributed by atoms with E-state index in [4.69, 9.17) is 9.16 Å². The number of esters is 1. The van der Waals surface area contributed by atoms with Gasteiger partial charge in [0.2, 0.25) is 0 Å². The number of benzene rings is 1. The van der Waals surface area contributed by atoms with E-state index in [0.29, 0.717) is 0 Å². The second-order valence-electron chi connectivity index (χ2n) is 6.16. The van der Waals surface area contributed by atoms with Crippen molar-refractivity contribution in [1.82, 2.24) is 0 Å². The molecular weight excluding hydrogens is 256 g/mol. The molecule has 3 unspecified atom stereocenters. The van der Waals surface area contributed by atoms with Crippen LogP contribution in [-0.4, -0.2) is 21.4 Å². The zero-order chi connectivity index (χ0) is 14.3. The first kappa shape index (κ1) is 14.3. The summed E-state index contributed by atoms with van der Waals surface area (Å²) in [6.07, 6.45) is 0. The monoisotopic (exact) mass is 278 g/mol. The molecule has 0 aliphatic heterocycles. The van der Waals surface area contributed by atoms with Gasteiger partial charge in [0.1, 0.15) is 0 Å². The number of hydrogen-bond donors (Lipinski definition) is 0. The third-order valence-electron chi connectivity index (χ3n) is 3.68. The second kappa shape index (κ2) is 4.76. The number of hydrogen-bond acceptors (Lipinski definition) is 3. The Labute approximate surface area is 116 Å². The maximum Gasteiger partial charge on any atom is 0.312 e. The van der Waals surface area contributed by atoms with Crippen LogP contribution in [0.15, 0.2) is 30.3 Å². The van der Waals surface area contributed by atoms with Gasteiger partial charge in [-0.25, -0.2) is 0 Å². The van der Waals surface area contributed by atoms with Crippen LogP contribution < -0.4 is 0 Å². The molecule has 0 saturated heterocycles. The molecule has 1 aliphatic carbocycles. The molecule has 0 radical (unpaired) electrons. The van der Waals surface area contributed by atoms with Gasteiger partial charge in [0.25, 0.3) is 0 Å². The molecule has 1 aromatic carbocycles. The molecule has 4 heteroatoms. The van der Waals surface area contributed by atoms with Crippen LogP contribution in [0.3, 0.4) is 0 Å². The van der Waals surface area contributed by atoms with Crippen LogP contribution in [0.4, 0.5) is 0 Å². The van der Waals surface area contributed by atoms with Gasteiger partial charge in [-0.1, -0.05) is 37.3 Å². The summed E-state index contributed by atoms with van der Waals surface area (Å²) in [7, 11) is -0.321. The van der Waals surface area contributed by atoms with Crippen molar-refractivity contribution in [2.75, 3.05) is 7.11 Å². The Balaban J connectivity index is 2.40. The lowest BCUT2D eigenvalue weighted by atomic mass is 10.0. The third-order valence-corrected chi connectivity index (χ3v) is 4.63. The van der Waals surface area contributed by atoms with Gasteiger partial charge >= 0.3 is 5.97 Å². The van der Waals surface area contributed by atoms with Crippen LogP contribution in [-0.2, 0) is 19.6 Å². The predicted molar refractivity (Wildman–Crippen MR) is 77.2 cm³/mol. The highest BCUT2D eigenvalue weighted by Gasteiger charge is 2.69. The lowest BCUT2D eigenvalue weighted by Crippen LogP contribution is -2.35.